The Kier molecular flexibility index (Phi) is 12.1. The summed E-state index contributed by atoms with van der Waals surface area (Å²) in [6.07, 6.45) is 14.6. The average molecular weight is 417 g/mol. The summed E-state index contributed by atoms with van der Waals surface area (Å²) >= 11 is 0. The summed E-state index contributed by atoms with van der Waals surface area (Å²) in [6.45, 7) is 7.42. The van der Waals surface area contributed by atoms with Crippen LogP contribution in [0, 0.1) is 5.92 Å². The first-order valence-corrected chi connectivity index (χ1v) is 12.6. The molecule has 3 heteroatoms. The van der Waals surface area contributed by atoms with Crippen molar-refractivity contribution >= 4 is 5.97 Å². The lowest BCUT2D eigenvalue weighted by Crippen LogP contribution is -2.28. The number of unbranched alkanes of at least 4 members (excludes halogenated alkanes) is 5. The molecule has 1 aliphatic rings. The summed E-state index contributed by atoms with van der Waals surface area (Å²) in [5, 5.41) is 0. The van der Waals surface area contributed by atoms with Crippen molar-refractivity contribution in [2.75, 3.05) is 6.61 Å². The van der Waals surface area contributed by atoms with Crippen molar-refractivity contribution < 1.29 is 14.3 Å². The number of ether oxygens (including phenoxy) is 2. The molecular formula is C27H44O3. The van der Waals surface area contributed by atoms with Crippen LogP contribution < -0.4 is 0 Å². The van der Waals surface area contributed by atoms with Crippen molar-refractivity contribution in [1.29, 1.82) is 0 Å². The molecule has 1 aliphatic carbocycles. The van der Waals surface area contributed by atoms with Crippen LogP contribution in [0.1, 0.15) is 115 Å². The molecule has 0 N–H and O–H groups in total. The quantitative estimate of drug-likeness (QED) is 0.232. The Morgan fingerprint density at radius 1 is 0.900 bits per heavy atom. The van der Waals surface area contributed by atoms with Crippen molar-refractivity contribution in [3.05, 3.63) is 35.4 Å². The summed E-state index contributed by atoms with van der Waals surface area (Å²) in [5.41, 5.74) is 2.50. The maximum absolute atomic E-state index is 12.8. The van der Waals surface area contributed by atoms with Crippen LogP contribution >= 0.6 is 0 Å². The Morgan fingerprint density at radius 2 is 1.57 bits per heavy atom. The molecule has 0 bridgehead atoms. The number of hydrogen-bond donors (Lipinski definition) is 0. The number of rotatable bonds is 14. The van der Waals surface area contributed by atoms with Gasteiger partial charge in [-0.05, 0) is 62.5 Å². The van der Waals surface area contributed by atoms with Gasteiger partial charge in [0.15, 0.2) is 0 Å². The first-order chi connectivity index (χ1) is 14.7. The third-order valence-electron chi connectivity index (χ3n) is 6.41. The molecular weight excluding hydrogens is 372 g/mol. The minimum Gasteiger partial charge on any atom is -0.457 e. The number of aryl methyl sites for hydroxylation is 1. The van der Waals surface area contributed by atoms with Crippen LogP contribution in [0.5, 0.6) is 0 Å². The normalized spacial score (nSPS) is 20.1. The number of benzene rings is 1. The Labute approximate surface area is 184 Å². The lowest BCUT2D eigenvalue weighted by molar-refractivity contribution is -0.156. The first kappa shape index (κ1) is 24.9. The molecule has 0 spiro atoms. The standard InChI is InChI=1S/C27H44O3/c1-4-7-9-11-21-29-25-19-17-24(18-20-25)27(28)30-26(6-3)23-15-13-22(14-16-23)12-10-8-5-2/h13-16,24-26H,4-12,17-21H2,1-3H3. The molecule has 1 saturated carbocycles. The minimum atomic E-state index is -0.130. The van der Waals surface area contributed by atoms with E-state index in [1.165, 1.54) is 44.1 Å². The Bertz CT molecular complexity index is 572. The van der Waals surface area contributed by atoms with Gasteiger partial charge in [0.05, 0.1) is 12.0 Å². The lowest BCUT2D eigenvalue weighted by atomic mass is 9.87. The Morgan fingerprint density at radius 3 is 2.20 bits per heavy atom. The van der Waals surface area contributed by atoms with Crippen molar-refractivity contribution in [3.63, 3.8) is 0 Å². The Balaban J connectivity index is 1.73. The smallest absolute Gasteiger partial charge is 0.309 e. The van der Waals surface area contributed by atoms with Gasteiger partial charge >= 0.3 is 5.97 Å². The van der Waals surface area contributed by atoms with E-state index in [4.69, 9.17) is 9.47 Å². The van der Waals surface area contributed by atoms with Crippen molar-refractivity contribution in [1.82, 2.24) is 0 Å². The second kappa shape index (κ2) is 14.6. The number of carbonyl (C=O) groups excluding carboxylic acids is 1. The molecule has 0 aliphatic heterocycles. The van der Waals surface area contributed by atoms with Gasteiger partial charge in [0.25, 0.3) is 0 Å². The molecule has 0 heterocycles. The fourth-order valence-electron chi connectivity index (χ4n) is 4.35. The van der Waals surface area contributed by atoms with E-state index in [1.807, 2.05) is 0 Å². The van der Waals surface area contributed by atoms with Crippen LogP contribution in [-0.2, 0) is 20.7 Å². The van der Waals surface area contributed by atoms with Crippen LogP contribution in [-0.4, -0.2) is 18.7 Å². The van der Waals surface area contributed by atoms with E-state index in [1.54, 1.807) is 0 Å². The zero-order valence-corrected chi connectivity index (χ0v) is 19.7. The van der Waals surface area contributed by atoms with Crippen molar-refractivity contribution in [2.45, 2.75) is 116 Å². The van der Waals surface area contributed by atoms with Gasteiger partial charge in [0.2, 0.25) is 0 Å². The van der Waals surface area contributed by atoms with Gasteiger partial charge in [0.1, 0.15) is 6.10 Å². The van der Waals surface area contributed by atoms with E-state index in [9.17, 15) is 4.79 Å². The highest BCUT2D eigenvalue weighted by atomic mass is 16.5. The zero-order chi connectivity index (χ0) is 21.6. The molecule has 0 saturated heterocycles. The molecule has 1 fully saturated rings. The summed E-state index contributed by atoms with van der Waals surface area (Å²) in [5.74, 6) is 0.0163. The summed E-state index contributed by atoms with van der Waals surface area (Å²) in [6, 6.07) is 8.69. The van der Waals surface area contributed by atoms with Crippen LogP contribution in [0.15, 0.2) is 24.3 Å². The van der Waals surface area contributed by atoms with Crippen LogP contribution in [0.2, 0.25) is 0 Å². The average Bonchev–Trinajstić information content (AvgIpc) is 2.78. The van der Waals surface area contributed by atoms with Gasteiger partial charge in [0, 0.05) is 6.61 Å². The summed E-state index contributed by atoms with van der Waals surface area (Å²) < 4.78 is 12.0. The van der Waals surface area contributed by atoms with E-state index in [2.05, 4.69) is 45.0 Å². The highest BCUT2D eigenvalue weighted by molar-refractivity contribution is 5.72. The fourth-order valence-corrected chi connectivity index (χ4v) is 4.35. The molecule has 1 aromatic carbocycles. The second-order valence-corrected chi connectivity index (χ2v) is 8.94. The van der Waals surface area contributed by atoms with Crippen LogP contribution in [0.3, 0.4) is 0 Å². The maximum atomic E-state index is 12.8. The largest absolute Gasteiger partial charge is 0.457 e. The molecule has 170 valence electrons. The highest BCUT2D eigenvalue weighted by Gasteiger charge is 2.29. The maximum Gasteiger partial charge on any atom is 0.309 e. The molecule has 0 radical (unpaired) electrons. The highest BCUT2D eigenvalue weighted by Crippen LogP contribution is 2.30. The molecule has 1 atom stereocenters. The monoisotopic (exact) mass is 416 g/mol. The summed E-state index contributed by atoms with van der Waals surface area (Å²) in [4.78, 5) is 12.8. The predicted molar refractivity (Wildman–Crippen MR) is 125 cm³/mol. The van der Waals surface area contributed by atoms with Gasteiger partial charge in [-0.15, -0.1) is 0 Å². The first-order valence-electron chi connectivity index (χ1n) is 12.6. The molecule has 1 aromatic rings. The van der Waals surface area contributed by atoms with Crippen molar-refractivity contribution in [3.8, 4) is 0 Å². The van der Waals surface area contributed by atoms with Gasteiger partial charge in [-0.1, -0.05) is 77.1 Å². The van der Waals surface area contributed by atoms with Gasteiger partial charge < -0.3 is 9.47 Å². The number of esters is 1. The fraction of sp³-hybridized carbons (Fsp3) is 0.741. The number of carbonyl (C=O) groups is 1. The van der Waals surface area contributed by atoms with Crippen molar-refractivity contribution in [2.24, 2.45) is 5.92 Å². The van der Waals surface area contributed by atoms with E-state index in [0.717, 1.165) is 57.1 Å². The third kappa shape index (κ3) is 8.79. The summed E-state index contributed by atoms with van der Waals surface area (Å²) in [7, 11) is 0. The minimum absolute atomic E-state index is 0.0183. The van der Waals surface area contributed by atoms with Gasteiger partial charge in [-0.25, -0.2) is 0 Å². The zero-order valence-electron chi connectivity index (χ0n) is 19.7. The molecule has 0 amide bonds. The molecule has 0 aromatic heterocycles. The topological polar surface area (TPSA) is 35.5 Å². The molecule has 30 heavy (non-hydrogen) atoms. The SMILES string of the molecule is CCCCCCOC1CCC(C(=O)OC(CC)c2ccc(CCCCC)cc2)CC1. The second-order valence-electron chi connectivity index (χ2n) is 8.94. The predicted octanol–water partition coefficient (Wildman–Crippen LogP) is 7.57. The van der Waals surface area contributed by atoms with E-state index < -0.39 is 0 Å². The lowest BCUT2D eigenvalue weighted by Gasteiger charge is -2.28. The van der Waals surface area contributed by atoms with Crippen LogP contribution in [0.4, 0.5) is 0 Å². The molecule has 2 rings (SSSR count). The Hall–Kier alpha value is -1.35. The van der Waals surface area contributed by atoms with Crippen LogP contribution in [0.25, 0.3) is 0 Å². The molecule has 1 unspecified atom stereocenters. The van der Waals surface area contributed by atoms with E-state index in [-0.39, 0.29) is 18.0 Å². The number of hydrogen-bond acceptors (Lipinski definition) is 3. The molecule has 3 nitrogen and oxygen atoms in total. The van der Waals surface area contributed by atoms with E-state index in [0.29, 0.717) is 6.10 Å². The van der Waals surface area contributed by atoms with E-state index >= 15 is 0 Å². The van der Waals surface area contributed by atoms with Gasteiger partial charge in [-0.3, -0.25) is 4.79 Å². The third-order valence-corrected chi connectivity index (χ3v) is 6.41. The van der Waals surface area contributed by atoms with Gasteiger partial charge in [-0.2, -0.15) is 0 Å².